The molecule has 0 aliphatic carbocycles. The molecule has 0 bridgehead atoms. The van der Waals surface area contributed by atoms with Gasteiger partial charge in [-0.15, -0.1) is 15.5 Å². The minimum atomic E-state index is -2.67. The second kappa shape index (κ2) is 9.48. The monoisotopic (exact) mass is 467 g/mol. The first-order chi connectivity index (χ1) is 16.9. The first-order valence-electron chi connectivity index (χ1n) is 11.4. The maximum absolute atomic E-state index is 14.0. The Morgan fingerprint density at radius 1 is 0.868 bits per heavy atom. The number of benzene rings is 1. The van der Waals surface area contributed by atoms with E-state index in [1.165, 1.54) is 13.2 Å². The van der Waals surface area contributed by atoms with Crippen molar-refractivity contribution in [3.8, 4) is 11.5 Å². The molecule has 19 heteroatoms. The van der Waals surface area contributed by atoms with Crippen molar-refractivity contribution in [1.29, 1.82) is 0 Å². The number of hydrogen-bond donors (Lipinski definition) is 0. The number of hydrogen-bond acceptors (Lipinski definition) is 4. The van der Waals surface area contributed by atoms with E-state index in [0.717, 1.165) is 5.56 Å². The van der Waals surface area contributed by atoms with Crippen LogP contribution in [0.15, 0.2) is 12.1 Å². The SMILES string of the molecule is [B]C([B])([B])Oc1cc2c(cc1OC)CCN1CC([B])(C([B])([B])C([B])(C([B])([B])[B])C([B])([B])[B])C(=O)C([B])([B])C21. The molecular weight excluding hydrogens is 452 g/mol. The number of piperidine rings is 1. The molecule has 3 rings (SSSR count). The van der Waals surface area contributed by atoms with E-state index in [0.29, 0.717) is 12.0 Å². The largest absolute Gasteiger partial charge is 0.512 e. The minimum absolute atomic E-state index is 0.0692. The van der Waals surface area contributed by atoms with E-state index in [9.17, 15) is 4.79 Å². The van der Waals surface area contributed by atoms with Crippen molar-refractivity contribution in [3.63, 3.8) is 0 Å². The molecule has 1 saturated heterocycles. The van der Waals surface area contributed by atoms with Gasteiger partial charge in [-0.3, -0.25) is 4.90 Å². The lowest BCUT2D eigenvalue weighted by atomic mass is 9.04. The van der Waals surface area contributed by atoms with Crippen molar-refractivity contribution in [3.05, 3.63) is 23.3 Å². The lowest BCUT2D eigenvalue weighted by Gasteiger charge is -2.72. The number of carbonyl (C=O) groups excluding carboxylic acids is 1. The standard InChI is InChI=1S/C19H12B15NO3/c1-37-9-4-7-2-3-35-6-13(20,16(24,25)15(23,17(26,27)28)18(29,30)31)12(36)14(21,22)11(35)8(7)5-10(9)38-19(32,33)34/h4-5,11H,2-3,6H2,1H3. The molecule has 0 amide bonds. The molecular formula is C19H12B15NO3. The highest BCUT2D eigenvalue weighted by Crippen LogP contribution is 2.76. The zero-order valence-corrected chi connectivity index (χ0v) is 21.2. The van der Waals surface area contributed by atoms with Gasteiger partial charge in [0.05, 0.1) is 101 Å². The molecule has 2 unspecified atom stereocenters. The lowest BCUT2D eigenvalue weighted by molar-refractivity contribution is -0.130. The Morgan fingerprint density at radius 2 is 1.39 bits per heavy atom. The molecule has 38 heavy (non-hydrogen) atoms. The molecule has 2 aliphatic heterocycles. The van der Waals surface area contributed by atoms with E-state index < -0.39 is 48.4 Å². The number of Topliss-reactive ketones (excluding diaryl/α,β-unsaturated/α-hetero) is 1. The molecule has 2 heterocycles. The van der Waals surface area contributed by atoms with Crippen LogP contribution in [0.5, 0.6) is 11.5 Å². The van der Waals surface area contributed by atoms with Gasteiger partial charge >= 0.3 is 0 Å². The predicted octanol–water partition coefficient (Wildman–Crippen LogP) is -3.61. The van der Waals surface area contributed by atoms with Gasteiger partial charge in [-0.1, -0.05) is 5.21 Å². The maximum atomic E-state index is 14.0. The minimum Gasteiger partial charge on any atom is -0.512 e. The molecule has 1 aromatic carbocycles. The van der Waals surface area contributed by atoms with Gasteiger partial charge < -0.3 is 14.3 Å². The van der Waals surface area contributed by atoms with E-state index in [1.807, 2.05) is 0 Å². The van der Waals surface area contributed by atoms with E-state index in [2.05, 4.69) is 0 Å². The van der Waals surface area contributed by atoms with Crippen molar-refractivity contribution >= 4 is 123 Å². The van der Waals surface area contributed by atoms with E-state index in [4.69, 9.17) is 127 Å². The summed E-state index contributed by atoms with van der Waals surface area (Å²) in [5.41, 5.74) is 1.21. The topological polar surface area (TPSA) is 38.8 Å². The fourth-order valence-electron chi connectivity index (χ4n) is 5.50. The molecule has 2 aliphatic rings. The molecule has 4 nitrogen and oxygen atoms in total. The summed E-state index contributed by atoms with van der Waals surface area (Å²) in [6.45, 7) is -0.0787. The third kappa shape index (κ3) is 4.71. The number of fused-ring (bicyclic) bond motifs is 3. The summed E-state index contributed by atoms with van der Waals surface area (Å²) in [4.78, 5) is 15.7. The van der Waals surface area contributed by atoms with Gasteiger partial charge in [-0.25, -0.2) is 0 Å². The summed E-state index contributed by atoms with van der Waals surface area (Å²) < 4.78 is 10.8. The number of carbonyl (C=O) groups is 1. The fraction of sp³-hybridized carbons (Fsp3) is 0.632. The number of methoxy groups -OCH3 is 1. The number of nitrogens with zero attached hydrogens (tertiary/aromatic N) is 1. The summed E-state index contributed by atoms with van der Waals surface area (Å²) in [6, 6.07) is 2.20. The maximum Gasteiger partial charge on any atom is 0.160 e. The summed E-state index contributed by atoms with van der Waals surface area (Å²) in [6.07, 6.45) is 0.418. The Labute approximate surface area is 246 Å². The molecule has 1 fully saturated rings. The van der Waals surface area contributed by atoms with Crippen molar-refractivity contribution in [2.24, 2.45) is 0 Å². The number of ketones is 1. The van der Waals surface area contributed by atoms with Crippen LogP contribution in [0.4, 0.5) is 0 Å². The Bertz CT molecular complexity index is 1100. The van der Waals surface area contributed by atoms with Crippen molar-refractivity contribution in [2.45, 2.75) is 49.0 Å². The Morgan fingerprint density at radius 3 is 1.84 bits per heavy atom. The highest BCUT2D eigenvalue weighted by Gasteiger charge is 2.65. The van der Waals surface area contributed by atoms with Gasteiger partial charge in [0.1, 0.15) is 29.3 Å². The second-order valence-corrected chi connectivity index (χ2v) is 10.6. The first-order valence-corrected chi connectivity index (χ1v) is 11.4. The van der Waals surface area contributed by atoms with Gasteiger partial charge in [0.25, 0.3) is 0 Å². The number of ether oxygens (including phenoxy) is 2. The average molecular weight is 464 g/mol. The molecule has 0 spiro atoms. The van der Waals surface area contributed by atoms with Crippen LogP contribution in [0.2, 0.25) is 31.3 Å². The van der Waals surface area contributed by atoms with Gasteiger partial charge in [0.2, 0.25) is 0 Å². The molecule has 0 saturated carbocycles. The van der Waals surface area contributed by atoms with Gasteiger partial charge in [0, 0.05) is 19.1 Å². The number of rotatable bonds is 7. The van der Waals surface area contributed by atoms with Gasteiger partial charge in [0.15, 0.2) is 11.5 Å². The molecule has 30 radical (unpaired) electrons. The Kier molecular flexibility index (Phi) is 7.97. The van der Waals surface area contributed by atoms with Crippen LogP contribution in [0, 0.1) is 0 Å². The summed E-state index contributed by atoms with van der Waals surface area (Å²) in [7, 11) is 92.4. The predicted molar refractivity (Wildman–Crippen MR) is 162 cm³/mol. The highest BCUT2D eigenvalue weighted by molar-refractivity contribution is 6.73. The Hall–Kier alpha value is -0.576. The molecule has 156 valence electrons. The van der Waals surface area contributed by atoms with Gasteiger partial charge in [-0.05, 0) is 45.5 Å². The molecule has 0 aromatic heterocycles. The zero-order valence-electron chi connectivity index (χ0n) is 21.2. The second-order valence-electron chi connectivity index (χ2n) is 10.6. The van der Waals surface area contributed by atoms with E-state index in [-0.39, 0.29) is 24.6 Å². The van der Waals surface area contributed by atoms with Crippen LogP contribution < -0.4 is 9.47 Å². The zero-order chi connectivity index (χ0) is 29.5. The van der Waals surface area contributed by atoms with Crippen LogP contribution in [-0.2, 0) is 11.2 Å². The lowest BCUT2D eigenvalue weighted by Crippen LogP contribution is -2.65. The summed E-state index contributed by atoms with van der Waals surface area (Å²) in [5.74, 6) is -0.680. The molecule has 1 aromatic rings. The third-order valence-corrected chi connectivity index (χ3v) is 7.50. The Balaban J connectivity index is 2.19. The normalized spacial score (nSPS) is 24.7. The van der Waals surface area contributed by atoms with Crippen molar-refractivity contribution in [1.82, 2.24) is 4.90 Å². The van der Waals surface area contributed by atoms with Crippen molar-refractivity contribution in [2.75, 3.05) is 20.2 Å². The average Bonchev–Trinajstić information content (AvgIpc) is 2.73. The van der Waals surface area contributed by atoms with Crippen LogP contribution in [0.3, 0.4) is 0 Å². The smallest absolute Gasteiger partial charge is 0.160 e. The van der Waals surface area contributed by atoms with Gasteiger partial charge in [-0.2, -0.15) is 0 Å². The third-order valence-electron chi connectivity index (χ3n) is 7.50. The fourth-order valence-corrected chi connectivity index (χ4v) is 5.50. The quantitative estimate of drug-likeness (QED) is 0.391. The van der Waals surface area contributed by atoms with Crippen LogP contribution in [0.25, 0.3) is 0 Å². The van der Waals surface area contributed by atoms with Crippen molar-refractivity contribution < 1.29 is 14.3 Å². The molecule has 0 N–H and O–H groups in total. The van der Waals surface area contributed by atoms with Crippen LogP contribution in [-0.4, -0.2) is 154 Å². The highest BCUT2D eigenvalue weighted by atomic mass is 16.5. The van der Waals surface area contributed by atoms with E-state index >= 15 is 0 Å². The van der Waals surface area contributed by atoms with E-state index in [1.54, 1.807) is 11.0 Å². The summed E-state index contributed by atoms with van der Waals surface area (Å²) in [5, 5.41) is -17.1. The van der Waals surface area contributed by atoms with Crippen LogP contribution >= 0.6 is 0 Å². The van der Waals surface area contributed by atoms with Crippen LogP contribution in [0.1, 0.15) is 17.2 Å². The summed E-state index contributed by atoms with van der Waals surface area (Å²) >= 11 is 0. The molecule has 2 atom stereocenters. The first kappa shape index (κ1) is 31.9.